The highest BCUT2D eigenvalue weighted by Crippen LogP contribution is 2.38. The molecule has 0 aromatic heterocycles. The molecular formula is C24H41N3O3. The number of carboxylic acids is 1. The molecule has 0 aromatic carbocycles. The number of hydrogen-bond donors (Lipinski definition) is 4. The predicted octanol–water partition coefficient (Wildman–Crippen LogP) is 4.27. The molecule has 4 N–H and O–H groups in total. The van der Waals surface area contributed by atoms with Crippen LogP contribution in [0.5, 0.6) is 0 Å². The number of rotatable bonds is 7. The number of carbonyl (C=O) groups is 2. The highest BCUT2D eigenvalue weighted by molar-refractivity contribution is 5.83. The van der Waals surface area contributed by atoms with Gasteiger partial charge in [-0.15, -0.1) is 0 Å². The van der Waals surface area contributed by atoms with Crippen molar-refractivity contribution in [1.29, 1.82) is 0 Å². The summed E-state index contributed by atoms with van der Waals surface area (Å²) in [6.45, 7) is 8.89. The zero-order chi connectivity index (χ0) is 21.8. The van der Waals surface area contributed by atoms with Crippen LogP contribution in [0.2, 0.25) is 0 Å². The Bertz CT molecular complexity index is 630. The molecule has 0 saturated heterocycles. The number of aliphatic carboxylic acids is 1. The van der Waals surface area contributed by atoms with Gasteiger partial charge in [0.05, 0.1) is 0 Å². The fourth-order valence-electron chi connectivity index (χ4n) is 6.07. The van der Waals surface area contributed by atoms with Crippen LogP contribution >= 0.6 is 0 Å². The third-order valence-corrected chi connectivity index (χ3v) is 7.78. The van der Waals surface area contributed by atoms with Crippen LogP contribution in [0.3, 0.4) is 0 Å². The Morgan fingerprint density at radius 1 is 1.03 bits per heavy atom. The molecular weight excluding hydrogens is 378 g/mol. The summed E-state index contributed by atoms with van der Waals surface area (Å²) in [5, 5.41) is 19.2. The van der Waals surface area contributed by atoms with E-state index in [1.165, 1.54) is 19.3 Å². The van der Waals surface area contributed by atoms with Crippen molar-refractivity contribution in [3.05, 3.63) is 11.8 Å². The van der Waals surface area contributed by atoms with Crippen LogP contribution in [0.25, 0.3) is 0 Å². The molecule has 0 radical (unpaired) electrons. The summed E-state index contributed by atoms with van der Waals surface area (Å²) in [4.78, 5) is 24.8. The standard InChI is InChI=1S/C24H41N3O3/c1-14(2)17-9-7-10-18(15(3)4)22(17)27-24(30)26-21(23(28)29)12-16-13-25-20-11-6-5-8-19(16)20/h13-15,17-22,25H,5-12H2,1-4H3,(H,28,29)(H2,26,27,30). The fourth-order valence-corrected chi connectivity index (χ4v) is 6.07. The maximum atomic E-state index is 12.9. The number of carboxylic acid groups (broad SMARTS) is 1. The first-order valence-corrected chi connectivity index (χ1v) is 12.0. The molecule has 3 aliphatic rings. The number of amides is 2. The molecule has 0 aromatic rings. The summed E-state index contributed by atoms with van der Waals surface area (Å²) >= 11 is 0. The van der Waals surface area contributed by atoms with Crippen molar-refractivity contribution >= 4 is 12.0 Å². The first kappa shape index (κ1) is 23.0. The van der Waals surface area contributed by atoms with Crippen molar-refractivity contribution in [2.75, 3.05) is 0 Å². The highest BCUT2D eigenvalue weighted by Gasteiger charge is 2.38. The summed E-state index contributed by atoms with van der Waals surface area (Å²) in [7, 11) is 0. The van der Waals surface area contributed by atoms with Gasteiger partial charge in [-0.3, -0.25) is 0 Å². The van der Waals surface area contributed by atoms with Crippen LogP contribution in [0, 0.1) is 29.6 Å². The minimum Gasteiger partial charge on any atom is -0.480 e. The van der Waals surface area contributed by atoms with Crippen molar-refractivity contribution < 1.29 is 14.7 Å². The van der Waals surface area contributed by atoms with Crippen molar-refractivity contribution in [3.8, 4) is 0 Å². The van der Waals surface area contributed by atoms with Gasteiger partial charge in [-0.2, -0.15) is 0 Å². The van der Waals surface area contributed by atoms with Gasteiger partial charge in [0, 0.05) is 24.4 Å². The molecule has 1 aliphatic heterocycles. The van der Waals surface area contributed by atoms with Gasteiger partial charge < -0.3 is 21.1 Å². The van der Waals surface area contributed by atoms with E-state index in [1.54, 1.807) is 0 Å². The van der Waals surface area contributed by atoms with Crippen LogP contribution in [-0.2, 0) is 4.79 Å². The van der Waals surface area contributed by atoms with Crippen molar-refractivity contribution in [1.82, 2.24) is 16.0 Å². The van der Waals surface area contributed by atoms with Crippen molar-refractivity contribution in [3.63, 3.8) is 0 Å². The van der Waals surface area contributed by atoms with E-state index in [0.29, 0.717) is 42.1 Å². The molecule has 2 saturated carbocycles. The molecule has 6 heteroatoms. The van der Waals surface area contributed by atoms with Gasteiger partial charge in [0.25, 0.3) is 0 Å². The normalized spacial score (nSPS) is 32.2. The molecule has 170 valence electrons. The van der Waals surface area contributed by atoms with Crippen LogP contribution in [0.15, 0.2) is 11.8 Å². The smallest absolute Gasteiger partial charge is 0.326 e. The van der Waals surface area contributed by atoms with Crippen LogP contribution in [-0.4, -0.2) is 35.2 Å². The lowest BCUT2D eigenvalue weighted by Gasteiger charge is -2.42. The molecule has 5 atom stereocenters. The predicted molar refractivity (Wildman–Crippen MR) is 119 cm³/mol. The minimum absolute atomic E-state index is 0.100. The van der Waals surface area contributed by atoms with E-state index >= 15 is 0 Å². The van der Waals surface area contributed by atoms with Gasteiger partial charge in [0.2, 0.25) is 0 Å². The summed E-state index contributed by atoms with van der Waals surface area (Å²) < 4.78 is 0. The largest absolute Gasteiger partial charge is 0.480 e. The maximum absolute atomic E-state index is 12.9. The van der Waals surface area contributed by atoms with Gasteiger partial charge >= 0.3 is 12.0 Å². The van der Waals surface area contributed by atoms with Gasteiger partial charge in [-0.05, 0) is 61.1 Å². The zero-order valence-electron chi connectivity index (χ0n) is 19.1. The molecule has 2 aliphatic carbocycles. The van der Waals surface area contributed by atoms with E-state index in [1.807, 2.05) is 6.20 Å². The molecule has 2 fully saturated rings. The summed E-state index contributed by atoms with van der Waals surface area (Å²) in [6, 6.07) is -0.684. The van der Waals surface area contributed by atoms with E-state index in [-0.39, 0.29) is 12.1 Å². The Labute approximate surface area is 181 Å². The monoisotopic (exact) mass is 419 g/mol. The van der Waals surface area contributed by atoms with Gasteiger partial charge in [-0.25, -0.2) is 9.59 Å². The number of hydrogen-bond acceptors (Lipinski definition) is 3. The molecule has 6 nitrogen and oxygen atoms in total. The first-order valence-electron chi connectivity index (χ1n) is 12.0. The Hall–Kier alpha value is -1.72. The number of urea groups is 1. The van der Waals surface area contributed by atoms with E-state index in [0.717, 1.165) is 31.3 Å². The lowest BCUT2D eigenvalue weighted by Crippen LogP contribution is -2.55. The van der Waals surface area contributed by atoms with E-state index in [9.17, 15) is 14.7 Å². The van der Waals surface area contributed by atoms with Crippen LogP contribution in [0.1, 0.15) is 79.1 Å². The summed E-state index contributed by atoms with van der Waals surface area (Å²) in [5.41, 5.74) is 1.14. The average Bonchev–Trinajstić information content (AvgIpc) is 3.10. The van der Waals surface area contributed by atoms with Gasteiger partial charge in [0.1, 0.15) is 6.04 Å². The Balaban J connectivity index is 1.63. The van der Waals surface area contributed by atoms with E-state index in [4.69, 9.17) is 0 Å². The lowest BCUT2D eigenvalue weighted by molar-refractivity contribution is -0.139. The zero-order valence-corrected chi connectivity index (χ0v) is 19.1. The first-order chi connectivity index (χ1) is 14.3. The lowest BCUT2D eigenvalue weighted by atomic mass is 9.68. The van der Waals surface area contributed by atoms with Crippen LogP contribution < -0.4 is 16.0 Å². The molecule has 2 amide bonds. The average molecular weight is 420 g/mol. The summed E-state index contributed by atoms with van der Waals surface area (Å²) in [6.07, 6.45) is 10.5. The quantitative estimate of drug-likeness (QED) is 0.496. The fraction of sp³-hybridized carbons (Fsp3) is 0.833. The Morgan fingerprint density at radius 3 is 2.27 bits per heavy atom. The number of carbonyl (C=O) groups excluding carboxylic acids is 1. The Kier molecular flexibility index (Phi) is 7.70. The third-order valence-electron chi connectivity index (χ3n) is 7.78. The Morgan fingerprint density at radius 2 is 1.67 bits per heavy atom. The molecule has 1 heterocycles. The maximum Gasteiger partial charge on any atom is 0.326 e. The molecule has 0 spiro atoms. The second-order valence-corrected chi connectivity index (χ2v) is 10.4. The molecule has 5 unspecified atom stereocenters. The van der Waals surface area contributed by atoms with Crippen LogP contribution in [0.4, 0.5) is 4.79 Å². The number of fused-ring (bicyclic) bond motifs is 1. The second-order valence-electron chi connectivity index (χ2n) is 10.4. The molecule has 3 rings (SSSR count). The van der Waals surface area contributed by atoms with Gasteiger partial charge in [-0.1, -0.05) is 47.0 Å². The van der Waals surface area contributed by atoms with E-state index < -0.39 is 12.0 Å². The molecule has 30 heavy (non-hydrogen) atoms. The van der Waals surface area contributed by atoms with E-state index in [2.05, 4.69) is 43.6 Å². The topological polar surface area (TPSA) is 90.5 Å². The van der Waals surface area contributed by atoms with Crippen molar-refractivity contribution in [2.24, 2.45) is 29.6 Å². The number of nitrogens with one attached hydrogen (secondary N) is 3. The van der Waals surface area contributed by atoms with Gasteiger partial charge in [0.15, 0.2) is 0 Å². The highest BCUT2D eigenvalue weighted by atomic mass is 16.4. The minimum atomic E-state index is -0.963. The third kappa shape index (κ3) is 5.30. The second kappa shape index (κ2) is 10.1. The molecule has 0 bridgehead atoms. The van der Waals surface area contributed by atoms with Crippen molar-refractivity contribution in [2.45, 2.75) is 97.2 Å². The summed E-state index contributed by atoms with van der Waals surface area (Å²) in [5.74, 6) is 1.30. The SMILES string of the molecule is CC(C)C1CCCC(C(C)C)C1NC(=O)NC(CC1=CNC2CCCCC12)C(=O)O.